The highest BCUT2D eigenvalue weighted by atomic mass is 35.5. The molecule has 0 atom stereocenters. The standard InChI is InChI=1S/C3H2Cl2O2/c4-2(6)1-3(5)7/h1,6H. The van der Waals surface area contributed by atoms with Crippen LogP contribution in [0.4, 0.5) is 0 Å². The molecule has 0 heterocycles. The predicted octanol–water partition coefficient (Wildman–Crippen LogP) is 1.39. The van der Waals surface area contributed by atoms with Crippen LogP contribution in [0.25, 0.3) is 0 Å². The highest BCUT2D eigenvalue weighted by Gasteiger charge is 1.88. The summed E-state index contributed by atoms with van der Waals surface area (Å²) in [5.74, 6) is 0. The van der Waals surface area contributed by atoms with Crippen LogP contribution in [0.5, 0.6) is 0 Å². The summed E-state index contributed by atoms with van der Waals surface area (Å²) in [7, 11) is 0. The van der Waals surface area contributed by atoms with Crippen LogP contribution in [0, 0.1) is 0 Å². The number of aliphatic hydroxyl groups excluding tert-OH is 1. The van der Waals surface area contributed by atoms with Crippen molar-refractivity contribution in [2.75, 3.05) is 0 Å². The van der Waals surface area contributed by atoms with E-state index in [4.69, 9.17) is 28.3 Å². The van der Waals surface area contributed by atoms with Crippen LogP contribution < -0.4 is 0 Å². The first-order chi connectivity index (χ1) is 3.13. The van der Waals surface area contributed by atoms with Crippen molar-refractivity contribution >= 4 is 28.4 Å². The molecule has 0 spiro atoms. The van der Waals surface area contributed by atoms with Crippen molar-refractivity contribution in [1.82, 2.24) is 0 Å². The number of hydrogen-bond acceptors (Lipinski definition) is 2. The van der Waals surface area contributed by atoms with E-state index in [1.54, 1.807) is 0 Å². The van der Waals surface area contributed by atoms with Crippen molar-refractivity contribution in [2.24, 2.45) is 0 Å². The molecule has 0 saturated carbocycles. The van der Waals surface area contributed by atoms with Gasteiger partial charge in [0.15, 0.2) is 5.22 Å². The number of hydrogen-bond donors (Lipinski definition) is 1. The van der Waals surface area contributed by atoms with Crippen molar-refractivity contribution in [3.05, 3.63) is 11.3 Å². The lowest BCUT2D eigenvalue weighted by Crippen LogP contribution is -1.76. The molecule has 7 heavy (non-hydrogen) atoms. The van der Waals surface area contributed by atoms with Gasteiger partial charge in [0.05, 0.1) is 6.08 Å². The smallest absolute Gasteiger partial charge is 0.249 e. The Morgan fingerprint density at radius 3 is 2.00 bits per heavy atom. The minimum absolute atomic E-state index is 0.597. The van der Waals surface area contributed by atoms with Crippen molar-refractivity contribution in [2.45, 2.75) is 0 Å². The van der Waals surface area contributed by atoms with E-state index < -0.39 is 10.5 Å². The Kier molecular flexibility index (Phi) is 2.79. The van der Waals surface area contributed by atoms with Gasteiger partial charge in [0.1, 0.15) is 0 Å². The number of rotatable bonds is 1. The molecule has 2 nitrogen and oxygen atoms in total. The Morgan fingerprint density at radius 1 is 1.57 bits per heavy atom. The van der Waals surface area contributed by atoms with Gasteiger partial charge in [-0.2, -0.15) is 0 Å². The highest BCUT2D eigenvalue weighted by molar-refractivity contribution is 6.67. The zero-order valence-corrected chi connectivity index (χ0v) is 4.70. The van der Waals surface area contributed by atoms with Crippen molar-refractivity contribution in [1.29, 1.82) is 0 Å². The topological polar surface area (TPSA) is 37.3 Å². The molecule has 0 aliphatic heterocycles. The Labute approximate surface area is 50.3 Å². The molecule has 0 aromatic carbocycles. The summed E-state index contributed by atoms with van der Waals surface area (Å²) in [6.45, 7) is 0. The van der Waals surface area contributed by atoms with Gasteiger partial charge in [0, 0.05) is 0 Å². The van der Waals surface area contributed by atoms with Crippen LogP contribution in [0.1, 0.15) is 0 Å². The summed E-state index contributed by atoms with van der Waals surface area (Å²) in [6, 6.07) is 0. The Morgan fingerprint density at radius 2 is 2.00 bits per heavy atom. The van der Waals surface area contributed by atoms with Crippen LogP contribution >= 0.6 is 23.2 Å². The zero-order chi connectivity index (χ0) is 5.86. The molecule has 0 unspecified atom stereocenters. The average Bonchev–Trinajstić information content (AvgIpc) is 1.27. The number of carbonyl (C=O) groups is 1. The summed E-state index contributed by atoms with van der Waals surface area (Å²) >= 11 is 9.50. The van der Waals surface area contributed by atoms with Gasteiger partial charge in [0.2, 0.25) is 5.24 Å². The van der Waals surface area contributed by atoms with E-state index >= 15 is 0 Å². The van der Waals surface area contributed by atoms with Crippen LogP contribution in [0.2, 0.25) is 0 Å². The number of carbonyl (C=O) groups excluding carboxylic acids is 1. The molecule has 0 amide bonds. The molecule has 0 radical (unpaired) electrons. The van der Waals surface area contributed by atoms with Gasteiger partial charge < -0.3 is 5.11 Å². The zero-order valence-electron chi connectivity index (χ0n) is 3.19. The van der Waals surface area contributed by atoms with Gasteiger partial charge in [-0.25, -0.2) is 0 Å². The van der Waals surface area contributed by atoms with Gasteiger partial charge in [-0.3, -0.25) is 4.79 Å². The molecule has 4 heteroatoms. The van der Waals surface area contributed by atoms with Crippen molar-refractivity contribution < 1.29 is 9.90 Å². The molecule has 0 fully saturated rings. The molecular formula is C3H2Cl2O2. The second-order valence-corrected chi connectivity index (χ2v) is 1.53. The van der Waals surface area contributed by atoms with Crippen LogP contribution in [-0.2, 0) is 4.79 Å². The maximum Gasteiger partial charge on any atom is 0.249 e. The fourth-order valence-electron chi connectivity index (χ4n) is 0.0936. The molecular weight excluding hydrogens is 139 g/mol. The maximum absolute atomic E-state index is 9.70. The SMILES string of the molecule is O=C(Cl)C=C(O)Cl. The van der Waals surface area contributed by atoms with E-state index in [-0.39, 0.29) is 0 Å². The number of halogens is 2. The third-order valence-electron chi connectivity index (χ3n) is 0.233. The normalized spacial score (nSPS) is 11.4. The summed E-state index contributed by atoms with van der Waals surface area (Å²) in [4.78, 5) is 9.70. The minimum atomic E-state index is -0.785. The molecule has 0 saturated heterocycles. The van der Waals surface area contributed by atoms with E-state index in [1.165, 1.54) is 0 Å². The van der Waals surface area contributed by atoms with Gasteiger partial charge in [0.25, 0.3) is 0 Å². The summed E-state index contributed by atoms with van der Waals surface area (Å²) in [5, 5.41) is 6.66. The van der Waals surface area contributed by atoms with Crippen LogP contribution in [0.3, 0.4) is 0 Å². The van der Waals surface area contributed by atoms with Crippen LogP contribution in [0.15, 0.2) is 11.3 Å². The quantitative estimate of drug-likeness (QED) is 0.340. The number of allylic oxidation sites excluding steroid dienone is 1. The highest BCUT2D eigenvalue weighted by Crippen LogP contribution is 1.94. The lowest BCUT2D eigenvalue weighted by atomic mass is 10.7. The van der Waals surface area contributed by atoms with Crippen LogP contribution in [-0.4, -0.2) is 10.3 Å². The molecule has 1 N–H and O–H groups in total. The largest absolute Gasteiger partial charge is 0.498 e. The lowest BCUT2D eigenvalue weighted by Gasteiger charge is -1.75. The van der Waals surface area contributed by atoms with E-state index in [0.717, 1.165) is 0 Å². The van der Waals surface area contributed by atoms with E-state index in [9.17, 15) is 4.79 Å². The molecule has 0 aromatic rings. The Hall–Kier alpha value is -0.210. The maximum atomic E-state index is 9.70. The molecule has 0 bridgehead atoms. The third kappa shape index (κ3) is 5.79. The fraction of sp³-hybridized carbons (Fsp3) is 0. The third-order valence-corrected chi connectivity index (χ3v) is 0.451. The minimum Gasteiger partial charge on any atom is -0.498 e. The molecule has 0 aromatic heterocycles. The second kappa shape index (κ2) is 2.88. The molecule has 0 rings (SSSR count). The van der Waals surface area contributed by atoms with Gasteiger partial charge >= 0.3 is 0 Å². The van der Waals surface area contributed by atoms with Gasteiger partial charge in [-0.1, -0.05) is 0 Å². The Balaban J connectivity index is 3.68. The van der Waals surface area contributed by atoms with E-state index in [2.05, 4.69) is 0 Å². The summed E-state index contributed by atoms with van der Waals surface area (Å²) in [6.07, 6.45) is 0.698. The first-order valence-electron chi connectivity index (χ1n) is 1.38. The first kappa shape index (κ1) is 6.79. The average molecular weight is 141 g/mol. The van der Waals surface area contributed by atoms with Crippen molar-refractivity contribution in [3.63, 3.8) is 0 Å². The number of aliphatic hydroxyl groups is 1. The fourth-order valence-corrected chi connectivity index (χ4v) is 0.352. The summed E-state index contributed by atoms with van der Waals surface area (Å²) < 4.78 is 0. The summed E-state index contributed by atoms with van der Waals surface area (Å²) in [5.41, 5.74) is 0. The first-order valence-corrected chi connectivity index (χ1v) is 2.14. The van der Waals surface area contributed by atoms with Crippen molar-refractivity contribution in [3.8, 4) is 0 Å². The predicted molar refractivity (Wildman–Crippen MR) is 27.4 cm³/mol. The lowest BCUT2D eigenvalue weighted by molar-refractivity contribution is -0.107. The molecule has 0 aliphatic rings. The second-order valence-electron chi connectivity index (χ2n) is 0.771. The molecule has 0 aliphatic carbocycles. The molecule has 40 valence electrons. The monoisotopic (exact) mass is 140 g/mol. The Bertz CT molecular complexity index is 104. The van der Waals surface area contributed by atoms with E-state index in [0.29, 0.717) is 6.08 Å². The van der Waals surface area contributed by atoms with E-state index in [1.807, 2.05) is 0 Å². The van der Waals surface area contributed by atoms with Gasteiger partial charge in [-0.05, 0) is 23.2 Å². The van der Waals surface area contributed by atoms with Gasteiger partial charge in [-0.15, -0.1) is 0 Å².